The molecule has 1 heterocycles. The fourth-order valence-corrected chi connectivity index (χ4v) is 1.89. The highest BCUT2D eigenvalue weighted by Crippen LogP contribution is 2.14. The first-order chi connectivity index (χ1) is 6.75. The molecule has 1 aliphatic heterocycles. The van der Waals surface area contributed by atoms with Gasteiger partial charge in [-0.25, -0.2) is 0 Å². The Hall–Kier alpha value is -1.15. The Kier molecular flexibility index (Phi) is 2.64. The van der Waals surface area contributed by atoms with Crippen LogP contribution in [0.4, 0.5) is 0 Å². The fourth-order valence-electron chi connectivity index (χ4n) is 1.89. The van der Waals surface area contributed by atoms with Crippen molar-refractivity contribution in [1.82, 2.24) is 4.90 Å². The molecule has 74 valence electrons. The normalized spacial score (nSPS) is 22.9. The van der Waals surface area contributed by atoms with E-state index in [0.717, 1.165) is 13.1 Å². The van der Waals surface area contributed by atoms with Gasteiger partial charge >= 0.3 is 0 Å². The van der Waals surface area contributed by atoms with Gasteiger partial charge in [0.15, 0.2) is 5.78 Å². The van der Waals surface area contributed by atoms with Crippen molar-refractivity contribution in [2.24, 2.45) is 5.92 Å². The Morgan fingerprint density at radius 2 is 2.07 bits per heavy atom. The number of likely N-dealkylation sites (tertiary alicyclic amines) is 1. The molecular weight excluding hydrogens is 174 g/mol. The number of Topliss-reactive ketones (excluding diaryl/α,β-unsaturated/α-hetero) is 1. The number of nitrogens with zero attached hydrogens (tertiary/aromatic N) is 1. The summed E-state index contributed by atoms with van der Waals surface area (Å²) in [6, 6.07) is 10.3. The van der Waals surface area contributed by atoms with Crippen molar-refractivity contribution < 1.29 is 4.79 Å². The van der Waals surface area contributed by atoms with E-state index in [1.807, 2.05) is 25.1 Å². The Morgan fingerprint density at radius 1 is 1.36 bits per heavy atom. The van der Waals surface area contributed by atoms with Crippen molar-refractivity contribution in [3.8, 4) is 0 Å². The standard InChI is InChI=1S/C12H15NO/c1-10-7-13(9-12(10)14)8-11-5-3-2-4-6-11/h2-6,10H,7-9H2,1H3/t10-/m1/s1. The molecule has 0 spiro atoms. The van der Waals surface area contributed by atoms with Crippen LogP contribution in [0.15, 0.2) is 30.3 Å². The van der Waals surface area contributed by atoms with Crippen LogP contribution in [0.25, 0.3) is 0 Å². The quantitative estimate of drug-likeness (QED) is 0.706. The van der Waals surface area contributed by atoms with Crippen LogP contribution < -0.4 is 0 Å². The van der Waals surface area contributed by atoms with Gasteiger partial charge in [-0.15, -0.1) is 0 Å². The molecule has 1 saturated heterocycles. The van der Waals surface area contributed by atoms with Crippen LogP contribution in [-0.2, 0) is 11.3 Å². The highest BCUT2D eigenvalue weighted by atomic mass is 16.1. The molecule has 14 heavy (non-hydrogen) atoms. The summed E-state index contributed by atoms with van der Waals surface area (Å²) in [7, 11) is 0. The summed E-state index contributed by atoms with van der Waals surface area (Å²) >= 11 is 0. The van der Waals surface area contributed by atoms with Gasteiger partial charge in [0.1, 0.15) is 0 Å². The summed E-state index contributed by atoms with van der Waals surface area (Å²) < 4.78 is 0. The van der Waals surface area contributed by atoms with Gasteiger partial charge in [-0.3, -0.25) is 9.69 Å². The van der Waals surface area contributed by atoms with Crippen molar-refractivity contribution in [2.45, 2.75) is 13.5 Å². The van der Waals surface area contributed by atoms with Crippen LogP contribution in [-0.4, -0.2) is 23.8 Å². The van der Waals surface area contributed by atoms with Crippen molar-refractivity contribution in [2.75, 3.05) is 13.1 Å². The summed E-state index contributed by atoms with van der Waals surface area (Å²) in [5.74, 6) is 0.597. The molecule has 2 heteroatoms. The average molecular weight is 189 g/mol. The number of ketones is 1. The number of carbonyl (C=O) groups is 1. The number of hydrogen-bond donors (Lipinski definition) is 0. The van der Waals surface area contributed by atoms with E-state index in [0.29, 0.717) is 12.3 Å². The molecule has 2 rings (SSSR count). The van der Waals surface area contributed by atoms with E-state index in [1.165, 1.54) is 5.56 Å². The largest absolute Gasteiger partial charge is 0.298 e. The second kappa shape index (κ2) is 3.93. The lowest BCUT2D eigenvalue weighted by Crippen LogP contribution is -2.20. The van der Waals surface area contributed by atoms with Crippen LogP contribution >= 0.6 is 0 Å². The van der Waals surface area contributed by atoms with E-state index in [4.69, 9.17) is 0 Å². The molecule has 0 unspecified atom stereocenters. The van der Waals surface area contributed by atoms with Crippen molar-refractivity contribution >= 4 is 5.78 Å². The maximum Gasteiger partial charge on any atom is 0.150 e. The molecule has 1 atom stereocenters. The molecule has 0 aliphatic carbocycles. The van der Waals surface area contributed by atoms with Gasteiger partial charge in [0.05, 0.1) is 6.54 Å². The summed E-state index contributed by atoms with van der Waals surface area (Å²) in [4.78, 5) is 13.5. The molecule has 1 aromatic rings. The lowest BCUT2D eigenvalue weighted by atomic mass is 10.1. The second-order valence-electron chi connectivity index (χ2n) is 4.02. The minimum Gasteiger partial charge on any atom is -0.298 e. The molecule has 1 aliphatic rings. The third-order valence-electron chi connectivity index (χ3n) is 2.71. The maximum absolute atomic E-state index is 11.3. The molecule has 0 saturated carbocycles. The van der Waals surface area contributed by atoms with Gasteiger partial charge in [-0.05, 0) is 5.56 Å². The first-order valence-corrected chi connectivity index (χ1v) is 5.04. The molecule has 1 fully saturated rings. The molecule has 0 N–H and O–H groups in total. The highest BCUT2D eigenvalue weighted by Gasteiger charge is 2.26. The molecule has 0 radical (unpaired) electrons. The smallest absolute Gasteiger partial charge is 0.150 e. The molecule has 0 amide bonds. The SMILES string of the molecule is C[C@@H]1CN(Cc2ccccc2)CC1=O. The Bertz CT molecular complexity index is 320. The predicted octanol–water partition coefficient (Wildman–Crippen LogP) is 1.71. The fraction of sp³-hybridized carbons (Fsp3) is 0.417. The van der Waals surface area contributed by atoms with Gasteiger partial charge in [-0.1, -0.05) is 37.3 Å². The van der Waals surface area contributed by atoms with E-state index in [2.05, 4.69) is 17.0 Å². The number of carbonyl (C=O) groups excluding carboxylic acids is 1. The van der Waals surface area contributed by atoms with Crippen molar-refractivity contribution in [3.63, 3.8) is 0 Å². The van der Waals surface area contributed by atoms with Gasteiger partial charge in [-0.2, -0.15) is 0 Å². The number of hydrogen-bond acceptors (Lipinski definition) is 2. The molecular formula is C12H15NO. The van der Waals surface area contributed by atoms with Gasteiger partial charge < -0.3 is 0 Å². The van der Waals surface area contributed by atoms with E-state index >= 15 is 0 Å². The van der Waals surface area contributed by atoms with Gasteiger partial charge in [0.25, 0.3) is 0 Å². The average Bonchev–Trinajstić information content (AvgIpc) is 2.47. The van der Waals surface area contributed by atoms with Gasteiger partial charge in [0.2, 0.25) is 0 Å². The number of benzene rings is 1. The van der Waals surface area contributed by atoms with Crippen molar-refractivity contribution in [3.05, 3.63) is 35.9 Å². The second-order valence-corrected chi connectivity index (χ2v) is 4.02. The van der Waals surface area contributed by atoms with Crippen LogP contribution in [0, 0.1) is 5.92 Å². The Balaban J connectivity index is 1.97. The van der Waals surface area contributed by atoms with Crippen molar-refractivity contribution in [1.29, 1.82) is 0 Å². The van der Waals surface area contributed by atoms with E-state index < -0.39 is 0 Å². The summed E-state index contributed by atoms with van der Waals surface area (Å²) in [5.41, 5.74) is 1.29. The first-order valence-electron chi connectivity index (χ1n) is 5.04. The molecule has 1 aromatic carbocycles. The highest BCUT2D eigenvalue weighted by molar-refractivity contribution is 5.84. The van der Waals surface area contributed by atoms with Crippen LogP contribution in [0.5, 0.6) is 0 Å². The van der Waals surface area contributed by atoms with E-state index in [9.17, 15) is 4.79 Å². The van der Waals surface area contributed by atoms with E-state index in [1.54, 1.807) is 0 Å². The van der Waals surface area contributed by atoms with Crippen LogP contribution in [0.3, 0.4) is 0 Å². The topological polar surface area (TPSA) is 20.3 Å². The van der Waals surface area contributed by atoms with Crippen LogP contribution in [0.1, 0.15) is 12.5 Å². The summed E-state index contributed by atoms with van der Waals surface area (Å²) in [5, 5.41) is 0. The zero-order valence-corrected chi connectivity index (χ0v) is 8.44. The van der Waals surface area contributed by atoms with E-state index in [-0.39, 0.29) is 5.92 Å². The third kappa shape index (κ3) is 2.02. The predicted molar refractivity (Wildman–Crippen MR) is 55.9 cm³/mol. The summed E-state index contributed by atoms with van der Waals surface area (Å²) in [6.07, 6.45) is 0. The minimum absolute atomic E-state index is 0.221. The third-order valence-corrected chi connectivity index (χ3v) is 2.71. The summed E-state index contributed by atoms with van der Waals surface area (Å²) in [6.45, 7) is 4.44. The zero-order chi connectivity index (χ0) is 9.97. The molecule has 0 aromatic heterocycles. The lowest BCUT2D eigenvalue weighted by Gasteiger charge is -2.13. The number of rotatable bonds is 2. The first kappa shape index (κ1) is 9.41. The Morgan fingerprint density at radius 3 is 2.64 bits per heavy atom. The lowest BCUT2D eigenvalue weighted by molar-refractivity contribution is -0.119. The zero-order valence-electron chi connectivity index (χ0n) is 8.44. The van der Waals surface area contributed by atoms with Gasteiger partial charge in [0, 0.05) is 19.0 Å². The monoisotopic (exact) mass is 189 g/mol. The van der Waals surface area contributed by atoms with Crippen LogP contribution in [0.2, 0.25) is 0 Å². The maximum atomic E-state index is 11.3. The molecule has 0 bridgehead atoms. The molecule has 2 nitrogen and oxygen atoms in total. The minimum atomic E-state index is 0.221. The Labute approximate surface area is 84.5 Å².